The lowest BCUT2D eigenvalue weighted by Crippen LogP contribution is -2.34. The third-order valence-corrected chi connectivity index (χ3v) is 5.00. The molecule has 0 saturated heterocycles. The van der Waals surface area contributed by atoms with Crippen LogP contribution in [0, 0.1) is 0 Å². The molecule has 1 aromatic heterocycles. The maximum absolute atomic E-state index is 12.7. The topological polar surface area (TPSA) is 58.6 Å². The van der Waals surface area contributed by atoms with Gasteiger partial charge in [0.25, 0.3) is 5.91 Å². The predicted octanol–water partition coefficient (Wildman–Crippen LogP) is 3.37. The fraction of sp³-hybridized carbons (Fsp3) is 0.333. The number of carbonyl (C=O) groups is 2. The predicted molar refractivity (Wildman–Crippen MR) is 97.0 cm³/mol. The van der Waals surface area contributed by atoms with Crippen LogP contribution < -0.4 is 10.1 Å². The van der Waals surface area contributed by atoms with Crippen molar-refractivity contribution in [3.8, 4) is 5.75 Å². The quantitative estimate of drug-likeness (QED) is 0.903. The monoisotopic (exact) mass is 346 g/mol. The summed E-state index contributed by atoms with van der Waals surface area (Å²) in [4.78, 5) is 27.2. The van der Waals surface area contributed by atoms with Crippen LogP contribution in [0.3, 0.4) is 0 Å². The molecule has 0 aliphatic rings. The Hall–Kier alpha value is -2.34. The van der Waals surface area contributed by atoms with E-state index in [1.807, 2.05) is 31.4 Å². The van der Waals surface area contributed by atoms with E-state index in [1.165, 1.54) is 12.0 Å². The second kappa shape index (κ2) is 7.05. The zero-order valence-electron chi connectivity index (χ0n) is 14.5. The third-order valence-electron chi connectivity index (χ3n) is 3.81. The van der Waals surface area contributed by atoms with E-state index in [1.54, 1.807) is 43.6 Å². The Bertz CT molecular complexity index is 737. The van der Waals surface area contributed by atoms with E-state index in [2.05, 4.69) is 5.32 Å². The lowest BCUT2D eigenvalue weighted by atomic mass is 9.90. The minimum atomic E-state index is -0.655. The van der Waals surface area contributed by atoms with E-state index in [0.717, 1.165) is 4.88 Å². The maximum atomic E-state index is 12.7. The summed E-state index contributed by atoms with van der Waals surface area (Å²) < 4.78 is 5.34. The van der Waals surface area contributed by atoms with Gasteiger partial charge in [-0.3, -0.25) is 9.59 Å². The molecule has 0 bridgehead atoms. The van der Waals surface area contributed by atoms with Gasteiger partial charge < -0.3 is 15.0 Å². The first-order valence-corrected chi connectivity index (χ1v) is 8.40. The summed E-state index contributed by atoms with van der Waals surface area (Å²) >= 11 is 1.55. The summed E-state index contributed by atoms with van der Waals surface area (Å²) in [5.74, 6) is 0.207. The molecule has 1 N–H and O–H groups in total. The number of benzene rings is 1. The Morgan fingerprint density at radius 3 is 2.46 bits per heavy atom. The Morgan fingerprint density at radius 2 is 1.92 bits per heavy atom. The van der Waals surface area contributed by atoms with Gasteiger partial charge in [-0.15, -0.1) is 11.3 Å². The van der Waals surface area contributed by atoms with Gasteiger partial charge >= 0.3 is 0 Å². The van der Waals surface area contributed by atoms with Crippen LogP contribution in [0.4, 0.5) is 5.69 Å². The molecule has 0 saturated carbocycles. The molecule has 1 aromatic carbocycles. The third kappa shape index (κ3) is 3.59. The van der Waals surface area contributed by atoms with Crippen LogP contribution in [-0.4, -0.2) is 37.9 Å². The number of amides is 2. The van der Waals surface area contributed by atoms with E-state index in [-0.39, 0.29) is 11.8 Å². The van der Waals surface area contributed by atoms with Crippen LogP contribution in [-0.2, 0) is 10.2 Å². The molecule has 0 unspecified atom stereocenters. The lowest BCUT2D eigenvalue weighted by molar-refractivity contribution is -0.120. The van der Waals surface area contributed by atoms with Gasteiger partial charge in [-0.2, -0.15) is 0 Å². The molecule has 0 spiro atoms. The average molecular weight is 346 g/mol. The van der Waals surface area contributed by atoms with Gasteiger partial charge in [0.1, 0.15) is 5.75 Å². The first-order valence-electron chi connectivity index (χ1n) is 7.52. The number of hydrogen-bond acceptors (Lipinski definition) is 4. The molecular weight excluding hydrogens is 324 g/mol. The summed E-state index contributed by atoms with van der Waals surface area (Å²) in [6.07, 6.45) is 0. The first kappa shape index (κ1) is 18.0. The molecule has 5 nitrogen and oxygen atoms in total. The summed E-state index contributed by atoms with van der Waals surface area (Å²) in [6, 6.07) is 8.88. The molecule has 2 rings (SSSR count). The second-order valence-electron chi connectivity index (χ2n) is 6.17. The zero-order chi connectivity index (χ0) is 17.9. The van der Waals surface area contributed by atoms with Crippen molar-refractivity contribution in [3.05, 3.63) is 46.2 Å². The molecule has 0 aliphatic carbocycles. The van der Waals surface area contributed by atoms with Crippen LogP contribution in [0.2, 0.25) is 0 Å². The number of ether oxygens (including phenoxy) is 1. The number of thiophene rings is 1. The van der Waals surface area contributed by atoms with Crippen LogP contribution >= 0.6 is 11.3 Å². The van der Waals surface area contributed by atoms with E-state index in [0.29, 0.717) is 17.0 Å². The minimum absolute atomic E-state index is 0.120. The number of anilines is 1. The number of methoxy groups -OCH3 is 1. The van der Waals surface area contributed by atoms with Crippen molar-refractivity contribution >= 4 is 28.8 Å². The van der Waals surface area contributed by atoms with E-state index < -0.39 is 5.41 Å². The Labute approximate surface area is 146 Å². The molecule has 2 amide bonds. The molecule has 6 heteroatoms. The van der Waals surface area contributed by atoms with E-state index in [4.69, 9.17) is 4.74 Å². The molecule has 1 heterocycles. The van der Waals surface area contributed by atoms with Crippen molar-refractivity contribution < 1.29 is 14.3 Å². The summed E-state index contributed by atoms with van der Waals surface area (Å²) in [7, 11) is 4.89. The number of carbonyl (C=O) groups excluding carboxylic acids is 2. The molecule has 128 valence electrons. The highest BCUT2D eigenvalue weighted by atomic mass is 32.1. The van der Waals surface area contributed by atoms with Crippen LogP contribution in [0.5, 0.6) is 5.75 Å². The summed E-state index contributed by atoms with van der Waals surface area (Å²) in [6.45, 7) is 3.76. The SMILES string of the molecule is COc1cc(C(=O)N(C)C)ccc1NC(=O)C(C)(C)c1cccs1. The Morgan fingerprint density at radius 1 is 1.21 bits per heavy atom. The molecule has 24 heavy (non-hydrogen) atoms. The van der Waals surface area contributed by atoms with E-state index in [9.17, 15) is 9.59 Å². The van der Waals surface area contributed by atoms with Crippen LogP contribution in [0.1, 0.15) is 29.1 Å². The average Bonchev–Trinajstić information content (AvgIpc) is 3.09. The van der Waals surface area contributed by atoms with Crippen LogP contribution in [0.15, 0.2) is 35.7 Å². The number of hydrogen-bond donors (Lipinski definition) is 1. The van der Waals surface area contributed by atoms with Gasteiger partial charge in [0.15, 0.2) is 0 Å². The Kier molecular flexibility index (Phi) is 5.29. The molecule has 0 atom stereocenters. The van der Waals surface area contributed by atoms with Crippen molar-refractivity contribution in [2.45, 2.75) is 19.3 Å². The van der Waals surface area contributed by atoms with Crippen molar-refractivity contribution in [1.29, 1.82) is 0 Å². The first-order chi connectivity index (χ1) is 11.3. The Balaban J connectivity index is 2.26. The number of rotatable bonds is 5. The van der Waals surface area contributed by atoms with E-state index >= 15 is 0 Å². The van der Waals surface area contributed by atoms with Crippen LogP contribution in [0.25, 0.3) is 0 Å². The van der Waals surface area contributed by atoms with Gasteiger partial charge in [-0.05, 0) is 43.5 Å². The molecule has 0 radical (unpaired) electrons. The summed E-state index contributed by atoms with van der Waals surface area (Å²) in [5.41, 5.74) is 0.395. The number of nitrogens with zero attached hydrogens (tertiary/aromatic N) is 1. The van der Waals surface area contributed by atoms with Gasteiger partial charge in [0, 0.05) is 24.5 Å². The largest absolute Gasteiger partial charge is 0.495 e. The molecule has 0 aliphatic heterocycles. The maximum Gasteiger partial charge on any atom is 0.253 e. The second-order valence-corrected chi connectivity index (χ2v) is 7.12. The van der Waals surface area contributed by atoms with Gasteiger partial charge in [0.05, 0.1) is 18.2 Å². The number of nitrogens with one attached hydrogen (secondary N) is 1. The van der Waals surface area contributed by atoms with Crippen molar-refractivity contribution in [1.82, 2.24) is 4.90 Å². The van der Waals surface area contributed by atoms with Gasteiger partial charge in [-0.25, -0.2) is 0 Å². The molecular formula is C18H22N2O3S. The lowest BCUT2D eigenvalue weighted by Gasteiger charge is -2.23. The molecule has 0 fully saturated rings. The van der Waals surface area contributed by atoms with Crippen molar-refractivity contribution in [2.24, 2.45) is 0 Å². The zero-order valence-corrected chi connectivity index (χ0v) is 15.4. The minimum Gasteiger partial charge on any atom is -0.495 e. The molecule has 2 aromatic rings. The highest BCUT2D eigenvalue weighted by Crippen LogP contribution is 2.31. The fourth-order valence-electron chi connectivity index (χ4n) is 2.21. The van der Waals surface area contributed by atoms with Crippen molar-refractivity contribution in [3.63, 3.8) is 0 Å². The normalized spacial score (nSPS) is 11.0. The standard InChI is InChI=1S/C18H22N2O3S/c1-18(2,15-7-6-10-24-15)17(22)19-13-9-8-12(11-14(13)23-5)16(21)20(3)4/h6-11H,1-5H3,(H,19,22). The highest BCUT2D eigenvalue weighted by molar-refractivity contribution is 7.10. The summed E-state index contributed by atoms with van der Waals surface area (Å²) in [5, 5.41) is 4.85. The fourth-order valence-corrected chi connectivity index (χ4v) is 3.06. The van der Waals surface area contributed by atoms with Crippen molar-refractivity contribution in [2.75, 3.05) is 26.5 Å². The highest BCUT2D eigenvalue weighted by Gasteiger charge is 2.31. The van der Waals surface area contributed by atoms with Gasteiger partial charge in [0.2, 0.25) is 5.91 Å². The van der Waals surface area contributed by atoms with Gasteiger partial charge in [-0.1, -0.05) is 6.07 Å². The smallest absolute Gasteiger partial charge is 0.253 e.